The van der Waals surface area contributed by atoms with Gasteiger partial charge >= 0.3 is 0 Å². The predicted molar refractivity (Wildman–Crippen MR) is 76.9 cm³/mol. The Morgan fingerprint density at radius 2 is 2.11 bits per heavy atom. The molecular weight excluding hydrogens is 240 g/mol. The largest absolute Gasteiger partial charge is 0.400 e. The van der Waals surface area contributed by atoms with Crippen LogP contribution in [0.15, 0.2) is 43.0 Å². The second-order valence-electron chi connectivity index (χ2n) is 4.58. The molecule has 3 heteroatoms. The first-order valence-electron chi connectivity index (χ1n) is 6.67. The lowest BCUT2D eigenvalue weighted by Crippen LogP contribution is -2.14. The van der Waals surface area contributed by atoms with Crippen LogP contribution in [0.5, 0.6) is 0 Å². The molecule has 0 bridgehead atoms. The van der Waals surface area contributed by atoms with Crippen LogP contribution in [-0.2, 0) is 16.1 Å². The van der Waals surface area contributed by atoms with Crippen molar-refractivity contribution in [2.75, 3.05) is 20.3 Å². The van der Waals surface area contributed by atoms with Crippen molar-refractivity contribution in [1.29, 1.82) is 0 Å². The lowest BCUT2D eigenvalue weighted by Gasteiger charge is -2.10. The first-order valence-corrected chi connectivity index (χ1v) is 6.67. The van der Waals surface area contributed by atoms with E-state index in [1.807, 2.05) is 24.3 Å². The number of hydrogen-bond acceptors (Lipinski definition) is 3. The van der Waals surface area contributed by atoms with Crippen LogP contribution in [0.4, 0.5) is 0 Å². The molecule has 2 unspecified atom stereocenters. The molecule has 0 aliphatic carbocycles. The van der Waals surface area contributed by atoms with Gasteiger partial charge in [0.05, 0.1) is 25.9 Å². The zero-order chi connectivity index (χ0) is 13.9. The first-order chi connectivity index (χ1) is 9.38. The molecule has 1 aromatic rings. The van der Waals surface area contributed by atoms with Crippen LogP contribution in [0.1, 0.15) is 18.4 Å². The van der Waals surface area contributed by atoms with Gasteiger partial charge in [0, 0.05) is 7.11 Å². The molecule has 2 atom stereocenters. The van der Waals surface area contributed by atoms with Gasteiger partial charge in [-0.2, -0.15) is 0 Å². The van der Waals surface area contributed by atoms with E-state index in [1.54, 1.807) is 0 Å². The highest BCUT2D eigenvalue weighted by Gasteiger charge is 2.24. The van der Waals surface area contributed by atoms with Crippen molar-refractivity contribution in [3.05, 3.63) is 48.6 Å². The third kappa shape index (κ3) is 6.01. The highest BCUT2D eigenvalue weighted by Crippen LogP contribution is 2.23. The van der Waals surface area contributed by atoms with Crippen LogP contribution in [0.3, 0.4) is 0 Å². The van der Waals surface area contributed by atoms with Crippen molar-refractivity contribution in [2.24, 2.45) is 5.92 Å². The van der Waals surface area contributed by atoms with Crippen molar-refractivity contribution in [2.45, 2.75) is 25.6 Å². The molecule has 106 valence electrons. The summed E-state index contributed by atoms with van der Waals surface area (Å²) in [7, 11) is 1.00. The van der Waals surface area contributed by atoms with Crippen molar-refractivity contribution in [1.82, 2.24) is 0 Å². The fourth-order valence-corrected chi connectivity index (χ4v) is 2.18. The smallest absolute Gasteiger partial charge is 0.0812 e. The SMILES string of the molecule is C=CCC1COC(COCc2ccccc2)C1.CO. The summed E-state index contributed by atoms with van der Waals surface area (Å²) in [5, 5.41) is 7.00. The van der Waals surface area contributed by atoms with E-state index >= 15 is 0 Å². The van der Waals surface area contributed by atoms with Crippen molar-refractivity contribution < 1.29 is 14.6 Å². The zero-order valence-electron chi connectivity index (χ0n) is 11.6. The van der Waals surface area contributed by atoms with E-state index in [0.717, 1.165) is 26.6 Å². The monoisotopic (exact) mass is 264 g/mol. The molecule has 1 heterocycles. The Morgan fingerprint density at radius 1 is 1.37 bits per heavy atom. The van der Waals surface area contributed by atoms with Gasteiger partial charge < -0.3 is 14.6 Å². The van der Waals surface area contributed by atoms with E-state index in [-0.39, 0.29) is 6.10 Å². The summed E-state index contributed by atoms with van der Waals surface area (Å²) in [6, 6.07) is 10.2. The summed E-state index contributed by atoms with van der Waals surface area (Å²) >= 11 is 0. The van der Waals surface area contributed by atoms with E-state index in [2.05, 4.69) is 18.7 Å². The molecule has 1 saturated heterocycles. The number of hydrogen-bond donors (Lipinski definition) is 1. The molecule has 0 aromatic heterocycles. The Bertz CT molecular complexity index is 337. The maximum absolute atomic E-state index is 7.00. The van der Waals surface area contributed by atoms with E-state index in [4.69, 9.17) is 14.6 Å². The zero-order valence-corrected chi connectivity index (χ0v) is 11.6. The summed E-state index contributed by atoms with van der Waals surface area (Å²) in [4.78, 5) is 0. The molecule has 0 amide bonds. The number of allylic oxidation sites excluding steroid dienone is 1. The van der Waals surface area contributed by atoms with Crippen molar-refractivity contribution >= 4 is 0 Å². The van der Waals surface area contributed by atoms with Gasteiger partial charge in [0.2, 0.25) is 0 Å². The predicted octanol–water partition coefficient (Wildman–Crippen LogP) is 2.79. The van der Waals surface area contributed by atoms with Crippen molar-refractivity contribution in [3.8, 4) is 0 Å². The second kappa shape index (κ2) is 9.73. The summed E-state index contributed by atoms with van der Waals surface area (Å²) in [6.45, 7) is 5.99. The summed E-state index contributed by atoms with van der Waals surface area (Å²) in [6.07, 6.45) is 4.39. The minimum Gasteiger partial charge on any atom is -0.400 e. The molecule has 0 saturated carbocycles. The van der Waals surface area contributed by atoms with Crippen LogP contribution in [0, 0.1) is 5.92 Å². The summed E-state index contributed by atoms with van der Waals surface area (Å²) in [5.74, 6) is 0.637. The van der Waals surface area contributed by atoms with E-state index in [1.165, 1.54) is 5.56 Å². The van der Waals surface area contributed by atoms with Gasteiger partial charge in [-0.25, -0.2) is 0 Å². The maximum atomic E-state index is 7.00. The number of aliphatic hydroxyl groups is 1. The molecule has 2 rings (SSSR count). The summed E-state index contributed by atoms with van der Waals surface area (Å²) < 4.78 is 11.4. The number of benzene rings is 1. The van der Waals surface area contributed by atoms with Crippen LogP contribution in [-0.4, -0.2) is 31.5 Å². The van der Waals surface area contributed by atoms with E-state index < -0.39 is 0 Å². The van der Waals surface area contributed by atoms with Crippen molar-refractivity contribution in [3.63, 3.8) is 0 Å². The third-order valence-corrected chi connectivity index (χ3v) is 3.08. The average Bonchev–Trinajstić information content (AvgIpc) is 2.90. The molecule has 0 radical (unpaired) electrons. The lowest BCUT2D eigenvalue weighted by atomic mass is 10.0. The quantitative estimate of drug-likeness (QED) is 0.803. The Morgan fingerprint density at radius 3 is 2.79 bits per heavy atom. The number of aliphatic hydroxyl groups excluding tert-OH is 1. The van der Waals surface area contributed by atoms with Gasteiger partial charge in [0.25, 0.3) is 0 Å². The minimum atomic E-state index is 0.267. The minimum absolute atomic E-state index is 0.267. The van der Waals surface area contributed by atoms with Gasteiger partial charge in [0.15, 0.2) is 0 Å². The van der Waals surface area contributed by atoms with Crippen LogP contribution in [0.25, 0.3) is 0 Å². The fraction of sp³-hybridized carbons (Fsp3) is 0.500. The van der Waals surface area contributed by atoms with Crippen LogP contribution < -0.4 is 0 Å². The Kier molecular flexibility index (Phi) is 8.14. The highest BCUT2D eigenvalue weighted by atomic mass is 16.5. The molecule has 0 spiro atoms. The Hall–Kier alpha value is -1.16. The standard InChI is InChI=1S/C15H20O2.CH4O/c1-2-6-14-9-15(17-11-14)12-16-10-13-7-4-3-5-8-13;1-2/h2-5,7-8,14-15H,1,6,9-12H2;2H,1H3. The Balaban J connectivity index is 0.000000861. The second-order valence-corrected chi connectivity index (χ2v) is 4.58. The van der Waals surface area contributed by atoms with Gasteiger partial charge in [-0.05, 0) is 24.3 Å². The molecule has 3 nitrogen and oxygen atoms in total. The third-order valence-electron chi connectivity index (χ3n) is 3.08. The summed E-state index contributed by atoms with van der Waals surface area (Å²) in [5.41, 5.74) is 1.22. The molecular formula is C16H24O3. The Labute approximate surface area is 115 Å². The lowest BCUT2D eigenvalue weighted by molar-refractivity contribution is 0.00999. The molecule has 1 fully saturated rings. The van der Waals surface area contributed by atoms with E-state index in [0.29, 0.717) is 19.1 Å². The fourth-order valence-electron chi connectivity index (χ4n) is 2.18. The van der Waals surface area contributed by atoms with Gasteiger partial charge in [-0.15, -0.1) is 6.58 Å². The maximum Gasteiger partial charge on any atom is 0.0812 e. The molecule has 19 heavy (non-hydrogen) atoms. The van der Waals surface area contributed by atoms with Crippen LogP contribution >= 0.6 is 0 Å². The number of rotatable bonds is 6. The molecule has 1 N–H and O–H groups in total. The van der Waals surface area contributed by atoms with Gasteiger partial charge in [-0.1, -0.05) is 36.4 Å². The van der Waals surface area contributed by atoms with Crippen LogP contribution in [0.2, 0.25) is 0 Å². The highest BCUT2D eigenvalue weighted by molar-refractivity contribution is 5.13. The number of ether oxygens (including phenoxy) is 2. The van der Waals surface area contributed by atoms with E-state index in [9.17, 15) is 0 Å². The average molecular weight is 264 g/mol. The molecule has 1 aromatic carbocycles. The molecule has 1 aliphatic rings. The van der Waals surface area contributed by atoms with Gasteiger partial charge in [-0.3, -0.25) is 0 Å². The first kappa shape index (κ1) is 15.9. The normalized spacial score (nSPS) is 21.6. The molecule has 1 aliphatic heterocycles. The van der Waals surface area contributed by atoms with Gasteiger partial charge in [0.1, 0.15) is 0 Å². The topological polar surface area (TPSA) is 38.7 Å².